The number of rotatable bonds is 11. The van der Waals surface area contributed by atoms with E-state index in [1.165, 1.54) is 31.2 Å². The van der Waals surface area contributed by atoms with Gasteiger partial charge in [-0.1, -0.05) is 6.07 Å². The number of hydrazine groups is 2. The second kappa shape index (κ2) is 15.6. The third-order valence-electron chi connectivity index (χ3n) is 6.87. The van der Waals surface area contributed by atoms with Crippen molar-refractivity contribution in [2.75, 3.05) is 30.2 Å². The number of aryl methyl sites for hydroxylation is 1. The molecule has 0 saturated carbocycles. The highest BCUT2D eigenvalue weighted by Gasteiger charge is 2.36. The highest BCUT2D eigenvalue weighted by atomic mass is 19.4. The molecule has 19 heteroatoms. The van der Waals surface area contributed by atoms with Crippen LogP contribution in [0.3, 0.4) is 0 Å². The smallest absolute Gasteiger partial charge is 0.417 e. The predicted octanol–water partition coefficient (Wildman–Crippen LogP) is 3.35. The van der Waals surface area contributed by atoms with Crippen LogP contribution in [0.4, 0.5) is 37.7 Å². The first kappa shape index (κ1) is 38.6. The number of anilines is 2. The molecule has 0 saturated heterocycles. The number of nitrogens with one attached hydrogen (secondary N) is 2. The van der Waals surface area contributed by atoms with Crippen LogP contribution in [-0.2, 0) is 21.9 Å². The van der Waals surface area contributed by atoms with Crippen LogP contribution in [0.1, 0.15) is 55.7 Å². The summed E-state index contributed by atoms with van der Waals surface area (Å²) >= 11 is 0. The van der Waals surface area contributed by atoms with Crippen molar-refractivity contribution in [2.45, 2.75) is 26.2 Å². The maximum atomic E-state index is 13.9. The van der Waals surface area contributed by atoms with Crippen molar-refractivity contribution in [3.63, 3.8) is 0 Å². The van der Waals surface area contributed by atoms with E-state index >= 15 is 0 Å². The molecule has 268 valence electrons. The molecule has 2 amide bonds. The van der Waals surface area contributed by atoms with E-state index in [0.717, 1.165) is 42.7 Å². The van der Waals surface area contributed by atoms with E-state index in [0.29, 0.717) is 11.1 Å². The summed E-state index contributed by atoms with van der Waals surface area (Å²) in [6.07, 6.45) is -7.62. The third kappa shape index (κ3) is 9.63. The minimum atomic E-state index is -5.02. The van der Waals surface area contributed by atoms with E-state index in [9.17, 15) is 40.7 Å². The maximum absolute atomic E-state index is 13.9. The quantitative estimate of drug-likeness (QED) is 0.0737. The van der Waals surface area contributed by atoms with Gasteiger partial charge in [-0.05, 0) is 61.9 Å². The lowest BCUT2D eigenvalue weighted by Crippen LogP contribution is -2.32. The van der Waals surface area contributed by atoms with Crippen LogP contribution in [0.2, 0.25) is 0 Å². The van der Waals surface area contributed by atoms with Gasteiger partial charge in [0.1, 0.15) is 6.54 Å². The zero-order valence-electron chi connectivity index (χ0n) is 26.7. The number of ether oxygens (including phenoxy) is 1. The van der Waals surface area contributed by atoms with E-state index < -0.39 is 53.4 Å². The van der Waals surface area contributed by atoms with Crippen molar-refractivity contribution in [1.82, 2.24) is 15.6 Å². The topological polar surface area (TPSA) is 208 Å². The zero-order chi connectivity index (χ0) is 37.6. The Bertz CT molecular complexity index is 1830. The number of hydrogen-bond acceptors (Lipinski definition) is 11. The number of benzene rings is 2. The number of alkyl halides is 6. The standard InChI is InChI=1S/C31H33F6N9O4/c1-4-42-28(48)17-9-25(23(38)14-45(40)18-6-5-16(2)21(11-18)30(32,33)34)44-26(10-17)24(39)15-46(41)19-7-8-20(22(12-19)31(35,36)37)29(49)43-13-27(47)50-3/h5-12,14-15H,4,13,38-41H2,1-3H3,(H,42,48)(H,43,49)/b23-14-,24-15-. The third-order valence-corrected chi connectivity index (χ3v) is 6.87. The summed E-state index contributed by atoms with van der Waals surface area (Å²) in [5.74, 6) is 9.35. The van der Waals surface area contributed by atoms with Crippen LogP contribution < -0.4 is 43.8 Å². The summed E-state index contributed by atoms with van der Waals surface area (Å²) in [5.41, 5.74) is 8.23. The van der Waals surface area contributed by atoms with E-state index in [-0.39, 0.29) is 51.8 Å². The second-order valence-corrected chi connectivity index (χ2v) is 10.5. The molecule has 0 radical (unpaired) electrons. The average molecular weight is 710 g/mol. The zero-order valence-corrected chi connectivity index (χ0v) is 26.7. The monoisotopic (exact) mass is 709 g/mol. The van der Waals surface area contributed by atoms with Crippen molar-refractivity contribution >= 4 is 40.6 Å². The summed E-state index contributed by atoms with van der Waals surface area (Å²) in [6.45, 7) is 2.49. The van der Waals surface area contributed by atoms with Gasteiger partial charge in [0.15, 0.2) is 0 Å². The Morgan fingerprint density at radius 1 is 0.800 bits per heavy atom. The number of amides is 2. The summed E-state index contributed by atoms with van der Waals surface area (Å²) < 4.78 is 86.5. The summed E-state index contributed by atoms with van der Waals surface area (Å²) in [6, 6.07) is 8.39. The molecule has 3 rings (SSSR count). The molecule has 0 aliphatic heterocycles. The van der Waals surface area contributed by atoms with Gasteiger partial charge in [-0.2, -0.15) is 26.3 Å². The van der Waals surface area contributed by atoms with Gasteiger partial charge in [-0.3, -0.25) is 24.4 Å². The SMILES string of the molecule is CCNC(=O)c1cc(/C(N)=C/N(N)c2ccc(C)c(C(F)(F)F)c2)nc(/C(N)=C/N(N)c2ccc(C(=O)NCC(=O)OC)c(C(F)(F)F)c2)c1. The molecule has 2 aromatic carbocycles. The van der Waals surface area contributed by atoms with Crippen LogP contribution >= 0.6 is 0 Å². The molecule has 10 N–H and O–H groups in total. The van der Waals surface area contributed by atoms with Crippen LogP contribution in [0.25, 0.3) is 11.4 Å². The van der Waals surface area contributed by atoms with Gasteiger partial charge in [-0.15, -0.1) is 0 Å². The highest BCUT2D eigenvalue weighted by Crippen LogP contribution is 2.35. The second-order valence-electron chi connectivity index (χ2n) is 10.5. The van der Waals surface area contributed by atoms with Gasteiger partial charge in [-0.25, -0.2) is 16.7 Å². The van der Waals surface area contributed by atoms with Crippen molar-refractivity contribution in [3.05, 3.63) is 100 Å². The van der Waals surface area contributed by atoms with Gasteiger partial charge in [0.25, 0.3) is 11.8 Å². The van der Waals surface area contributed by atoms with Crippen LogP contribution in [0, 0.1) is 6.92 Å². The molecular weight excluding hydrogens is 676 g/mol. The molecule has 0 fully saturated rings. The fourth-order valence-electron chi connectivity index (χ4n) is 4.32. The molecule has 13 nitrogen and oxygen atoms in total. The molecule has 0 aliphatic rings. The molecule has 0 spiro atoms. The summed E-state index contributed by atoms with van der Waals surface area (Å²) in [7, 11) is 1.04. The lowest BCUT2D eigenvalue weighted by Gasteiger charge is -2.20. The largest absolute Gasteiger partial charge is 0.468 e. The highest BCUT2D eigenvalue weighted by molar-refractivity contribution is 5.98. The van der Waals surface area contributed by atoms with Crippen molar-refractivity contribution < 1.29 is 45.5 Å². The van der Waals surface area contributed by atoms with Crippen molar-refractivity contribution in [1.29, 1.82) is 0 Å². The van der Waals surface area contributed by atoms with Gasteiger partial charge in [0.05, 0.1) is 58.0 Å². The summed E-state index contributed by atoms with van der Waals surface area (Å²) in [5, 5.41) is 6.14. The Morgan fingerprint density at radius 2 is 1.30 bits per heavy atom. The molecule has 0 aliphatic carbocycles. The number of methoxy groups -OCH3 is 1. The number of carbonyl (C=O) groups excluding carboxylic acids is 3. The lowest BCUT2D eigenvalue weighted by molar-refractivity contribution is -0.139. The normalized spacial score (nSPS) is 12.3. The number of halogens is 6. The lowest BCUT2D eigenvalue weighted by atomic mass is 10.0. The first-order valence-corrected chi connectivity index (χ1v) is 14.3. The number of aromatic nitrogens is 1. The van der Waals surface area contributed by atoms with Crippen molar-refractivity contribution in [3.8, 4) is 0 Å². The van der Waals surface area contributed by atoms with Crippen LogP contribution in [-0.4, -0.2) is 43.0 Å². The maximum Gasteiger partial charge on any atom is 0.417 e. The number of carbonyl (C=O) groups is 3. The number of nitrogens with two attached hydrogens (primary N) is 4. The van der Waals surface area contributed by atoms with Crippen LogP contribution in [0.15, 0.2) is 60.9 Å². The van der Waals surface area contributed by atoms with Gasteiger partial charge in [0.2, 0.25) is 0 Å². The number of esters is 1. The van der Waals surface area contributed by atoms with Crippen molar-refractivity contribution in [2.24, 2.45) is 23.2 Å². The number of nitrogens with zero attached hydrogens (tertiary/aromatic N) is 3. The minimum absolute atomic E-state index is 0.0111. The molecular formula is C31H33F6N9O4. The molecule has 0 atom stereocenters. The summed E-state index contributed by atoms with van der Waals surface area (Å²) in [4.78, 5) is 40.8. The van der Waals surface area contributed by atoms with Gasteiger partial charge < -0.3 is 26.8 Å². The van der Waals surface area contributed by atoms with E-state index in [1.807, 2.05) is 5.32 Å². The number of hydrogen-bond donors (Lipinski definition) is 6. The first-order valence-electron chi connectivity index (χ1n) is 14.3. The van der Waals surface area contributed by atoms with Crippen LogP contribution in [0.5, 0.6) is 0 Å². The van der Waals surface area contributed by atoms with Gasteiger partial charge >= 0.3 is 18.3 Å². The Balaban J connectivity index is 2.03. The van der Waals surface area contributed by atoms with Gasteiger partial charge in [0, 0.05) is 24.5 Å². The molecule has 1 aromatic heterocycles. The van der Waals surface area contributed by atoms with E-state index in [1.54, 1.807) is 6.92 Å². The first-order chi connectivity index (χ1) is 23.3. The average Bonchev–Trinajstić information content (AvgIpc) is 3.05. The minimum Gasteiger partial charge on any atom is -0.468 e. The molecule has 3 aromatic rings. The Labute approximate surface area is 281 Å². The molecule has 1 heterocycles. The number of pyridine rings is 1. The molecule has 50 heavy (non-hydrogen) atoms. The Morgan fingerprint density at radius 3 is 1.78 bits per heavy atom. The predicted molar refractivity (Wildman–Crippen MR) is 172 cm³/mol. The molecule has 0 unspecified atom stereocenters. The fourth-order valence-corrected chi connectivity index (χ4v) is 4.32. The molecule has 0 bridgehead atoms. The van der Waals surface area contributed by atoms with E-state index in [2.05, 4.69) is 15.0 Å². The Hall–Kier alpha value is -5.82. The fraction of sp³-hybridized carbons (Fsp3) is 0.226. The van der Waals surface area contributed by atoms with E-state index in [4.69, 9.17) is 23.2 Å². The Kier molecular flexibility index (Phi) is 12.0.